The Balaban J connectivity index is 2.00. The molecule has 0 spiro atoms. The van der Waals surface area contributed by atoms with Crippen LogP contribution in [0.5, 0.6) is 0 Å². The summed E-state index contributed by atoms with van der Waals surface area (Å²) < 4.78 is 0. The molecule has 0 saturated carbocycles. The lowest BCUT2D eigenvalue weighted by atomic mass is 10.0. The van der Waals surface area contributed by atoms with Crippen LogP contribution in [0.25, 0.3) is 11.4 Å². The standard InChI is InChI=1S/C28H26N2/c1-29(25-19-11-5-12-20-25)27(23-15-7-3-8-16-23)28(24-17-9-4-10-18-24)30(2)26-21-13-6-14-22-26/h3-22H,1-2H3/b28-27+. The summed E-state index contributed by atoms with van der Waals surface area (Å²) in [5.41, 5.74) is 6.94. The number of hydrogen-bond donors (Lipinski definition) is 0. The average Bonchev–Trinajstić information content (AvgIpc) is 2.84. The maximum absolute atomic E-state index is 2.27. The molecular weight excluding hydrogens is 364 g/mol. The highest BCUT2D eigenvalue weighted by Gasteiger charge is 2.21. The molecule has 2 heteroatoms. The Hall–Kier alpha value is -3.78. The van der Waals surface area contributed by atoms with E-state index in [0.29, 0.717) is 0 Å². The van der Waals surface area contributed by atoms with Crippen LogP contribution in [0, 0.1) is 0 Å². The lowest BCUT2D eigenvalue weighted by Crippen LogP contribution is -2.24. The van der Waals surface area contributed by atoms with Crippen molar-refractivity contribution in [1.82, 2.24) is 0 Å². The fourth-order valence-electron chi connectivity index (χ4n) is 3.73. The van der Waals surface area contributed by atoms with E-state index in [0.717, 1.165) is 22.8 Å². The monoisotopic (exact) mass is 390 g/mol. The summed E-state index contributed by atoms with van der Waals surface area (Å²) in [5.74, 6) is 0. The smallest absolute Gasteiger partial charge is 0.0729 e. The molecular formula is C28H26N2. The second kappa shape index (κ2) is 9.15. The molecule has 0 atom stereocenters. The van der Waals surface area contributed by atoms with Crippen LogP contribution in [0.4, 0.5) is 11.4 Å². The third-order valence-electron chi connectivity index (χ3n) is 5.28. The van der Waals surface area contributed by atoms with Gasteiger partial charge >= 0.3 is 0 Å². The van der Waals surface area contributed by atoms with Gasteiger partial charge in [-0.15, -0.1) is 0 Å². The highest BCUT2D eigenvalue weighted by atomic mass is 15.2. The SMILES string of the molecule is CN(/C(=C(\c1ccccc1)N(C)c1ccccc1)c1ccccc1)c1ccccc1. The maximum atomic E-state index is 2.27. The first-order chi connectivity index (χ1) is 14.8. The molecule has 148 valence electrons. The number of anilines is 2. The molecule has 0 N–H and O–H groups in total. The highest BCUT2D eigenvalue weighted by Crippen LogP contribution is 2.35. The summed E-state index contributed by atoms with van der Waals surface area (Å²) in [6.45, 7) is 0. The molecule has 0 aliphatic rings. The minimum atomic E-state index is 1.14. The highest BCUT2D eigenvalue weighted by molar-refractivity contribution is 6.01. The molecule has 0 aromatic heterocycles. The summed E-state index contributed by atoms with van der Waals surface area (Å²) in [4.78, 5) is 4.55. The van der Waals surface area contributed by atoms with Gasteiger partial charge in [-0.05, 0) is 24.3 Å². The van der Waals surface area contributed by atoms with E-state index in [4.69, 9.17) is 0 Å². The van der Waals surface area contributed by atoms with E-state index in [1.54, 1.807) is 0 Å². The molecule has 0 unspecified atom stereocenters. The fourth-order valence-corrected chi connectivity index (χ4v) is 3.73. The van der Waals surface area contributed by atoms with Crippen LogP contribution in [0.3, 0.4) is 0 Å². The number of hydrogen-bond acceptors (Lipinski definition) is 2. The van der Waals surface area contributed by atoms with Crippen molar-refractivity contribution < 1.29 is 0 Å². The van der Waals surface area contributed by atoms with Crippen LogP contribution >= 0.6 is 0 Å². The van der Waals surface area contributed by atoms with Gasteiger partial charge in [0.1, 0.15) is 0 Å². The van der Waals surface area contributed by atoms with Gasteiger partial charge < -0.3 is 9.80 Å². The van der Waals surface area contributed by atoms with Crippen molar-refractivity contribution in [3.63, 3.8) is 0 Å². The largest absolute Gasteiger partial charge is 0.342 e. The molecule has 0 radical (unpaired) electrons. The Morgan fingerprint density at radius 1 is 0.400 bits per heavy atom. The quantitative estimate of drug-likeness (QED) is 0.335. The molecule has 0 bridgehead atoms. The predicted octanol–water partition coefficient (Wildman–Crippen LogP) is 6.79. The summed E-state index contributed by atoms with van der Waals surface area (Å²) in [6, 6.07) is 42.2. The molecule has 0 fully saturated rings. The minimum absolute atomic E-state index is 1.14. The maximum Gasteiger partial charge on any atom is 0.0729 e. The summed E-state index contributed by atoms with van der Waals surface area (Å²) in [7, 11) is 4.28. The first kappa shape index (κ1) is 19.5. The van der Waals surface area contributed by atoms with E-state index in [1.165, 1.54) is 11.1 Å². The van der Waals surface area contributed by atoms with Gasteiger partial charge in [-0.25, -0.2) is 0 Å². The summed E-state index contributed by atoms with van der Waals surface area (Å²) in [6.07, 6.45) is 0. The van der Waals surface area contributed by atoms with Crippen molar-refractivity contribution in [2.45, 2.75) is 0 Å². The number of para-hydroxylation sites is 2. The first-order valence-corrected chi connectivity index (χ1v) is 10.2. The van der Waals surface area contributed by atoms with Gasteiger partial charge in [0.15, 0.2) is 0 Å². The number of rotatable bonds is 6. The zero-order chi connectivity index (χ0) is 20.8. The lowest BCUT2D eigenvalue weighted by Gasteiger charge is -2.32. The summed E-state index contributed by atoms with van der Waals surface area (Å²) >= 11 is 0. The van der Waals surface area contributed by atoms with E-state index in [-0.39, 0.29) is 0 Å². The normalized spacial score (nSPS) is 11.5. The Morgan fingerprint density at radius 3 is 0.967 bits per heavy atom. The molecule has 0 saturated heterocycles. The van der Waals surface area contributed by atoms with Crippen LogP contribution in [0.1, 0.15) is 11.1 Å². The molecule has 30 heavy (non-hydrogen) atoms. The van der Waals surface area contributed by atoms with Crippen molar-refractivity contribution >= 4 is 22.8 Å². The van der Waals surface area contributed by atoms with Gasteiger partial charge in [0.2, 0.25) is 0 Å². The molecule has 0 aliphatic heterocycles. The molecule has 2 nitrogen and oxygen atoms in total. The van der Waals surface area contributed by atoms with E-state index in [1.807, 2.05) is 0 Å². The molecule has 0 heterocycles. The zero-order valence-electron chi connectivity index (χ0n) is 17.4. The van der Waals surface area contributed by atoms with Gasteiger partial charge in [-0.2, -0.15) is 0 Å². The minimum Gasteiger partial charge on any atom is -0.342 e. The van der Waals surface area contributed by atoms with E-state index in [2.05, 4.69) is 145 Å². The molecule has 0 aliphatic carbocycles. The average molecular weight is 391 g/mol. The molecule has 0 amide bonds. The predicted molar refractivity (Wildman–Crippen MR) is 129 cm³/mol. The Morgan fingerprint density at radius 2 is 0.667 bits per heavy atom. The van der Waals surface area contributed by atoms with Crippen LogP contribution < -0.4 is 9.80 Å². The molecule has 4 aromatic carbocycles. The van der Waals surface area contributed by atoms with Crippen molar-refractivity contribution in [2.75, 3.05) is 23.9 Å². The van der Waals surface area contributed by atoms with Crippen molar-refractivity contribution in [3.8, 4) is 0 Å². The van der Waals surface area contributed by atoms with Gasteiger partial charge in [0.25, 0.3) is 0 Å². The van der Waals surface area contributed by atoms with Crippen molar-refractivity contribution in [1.29, 1.82) is 0 Å². The van der Waals surface area contributed by atoms with E-state index < -0.39 is 0 Å². The van der Waals surface area contributed by atoms with Gasteiger partial charge in [0.05, 0.1) is 11.4 Å². The topological polar surface area (TPSA) is 6.48 Å². The van der Waals surface area contributed by atoms with Gasteiger partial charge in [-0.3, -0.25) is 0 Å². The Labute approximate surface area is 179 Å². The Kier molecular flexibility index (Phi) is 5.95. The van der Waals surface area contributed by atoms with E-state index in [9.17, 15) is 0 Å². The molecule has 4 aromatic rings. The van der Waals surface area contributed by atoms with E-state index >= 15 is 0 Å². The third kappa shape index (κ3) is 4.13. The van der Waals surface area contributed by atoms with Gasteiger partial charge in [-0.1, -0.05) is 97.1 Å². The Bertz CT molecular complexity index is 997. The van der Waals surface area contributed by atoms with Gasteiger partial charge in [0, 0.05) is 36.6 Å². The second-order valence-corrected chi connectivity index (χ2v) is 7.22. The fraction of sp³-hybridized carbons (Fsp3) is 0.0714. The number of benzene rings is 4. The van der Waals surface area contributed by atoms with Crippen molar-refractivity contribution in [3.05, 3.63) is 132 Å². The third-order valence-corrected chi connectivity index (χ3v) is 5.28. The van der Waals surface area contributed by atoms with Crippen LogP contribution in [0.2, 0.25) is 0 Å². The van der Waals surface area contributed by atoms with Crippen LogP contribution in [-0.4, -0.2) is 14.1 Å². The lowest BCUT2D eigenvalue weighted by molar-refractivity contribution is 1.17. The molecule has 4 rings (SSSR count). The van der Waals surface area contributed by atoms with Crippen LogP contribution in [-0.2, 0) is 0 Å². The first-order valence-electron chi connectivity index (χ1n) is 10.2. The van der Waals surface area contributed by atoms with Crippen molar-refractivity contribution in [2.24, 2.45) is 0 Å². The van der Waals surface area contributed by atoms with Crippen LogP contribution in [0.15, 0.2) is 121 Å². The second-order valence-electron chi connectivity index (χ2n) is 7.22. The zero-order valence-corrected chi connectivity index (χ0v) is 17.4. The number of nitrogens with zero attached hydrogens (tertiary/aromatic N) is 2. The summed E-state index contributed by atoms with van der Waals surface area (Å²) in [5, 5.41) is 0.